The Morgan fingerprint density at radius 3 is 2.03 bits per heavy atom. The van der Waals surface area contributed by atoms with Crippen LogP contribution in [0.15, 0.2) is 48.5 Å². The van der Waals surface area contributed by atoms with E-state index in [0.29, 0.717) is 30.2 Å². The second kappa shape index (κ2) is 13.9. The maximum Gasteiger partial charge on any atom is 0.244 e. The first-order chi connectivity index (χ1) is 17.5. The van der Waals surface area contributed by atoms with Crippen molar-refractivity contribution in [2.24, 2.45) is 0 Å². The fourth-order valence-corrected chi connectivity index (χ4v) is 4.63. The molecular weight excluding hydrogens is 494 g/mol. The van der Waals surface area contributed by atoms with Gasteiger partial charge in [0.1, 0.15) is 24.1 Å². The van der Waals surface area contributed by atoms with Gasteiger partial charge in [-0.15, -0.1) is 0 Å². The average Bonchev–Trinajstić information content (AvgIpc) is 2.87. The van der Waals surface area contributed by atoms with E-state index in [9.17, 15) is 18.0 Å². The number of carbonyl (C=O) groups excluding carboxylic acids is 2. The Balaban J connectivity index is 2.41. The molecule has 2 amide bonds. The third-order valence-corrected chi connectivity index (χ3v) is 7.15. The molecule has 0 bridgehead atoms. The number of sulfonamides is 1. The van der Waals surface area contributed by atoms with E-state index in [1.54, 1.807) is 43.5 Å². The summed E-state index contributed by atoms with van der Waals surface area (Å²) >= 11 is 0. The first-order valence-electron chi connectivity index (χ1n) is 12.5. The number of hydrogen-bond donors (Lipinski definition) is 1. The van der Waals surface area contributed by atoms with Gasteiger partial charge >= 0.3 is 0 Å². The molecule has 204 valence electrons. The molecule has 0 unspecified atom stereocenters. The van der Waals surface area contributed by atoms with E-state index < -0.39 is 28.5 Å². The molecule has 0 aliphatic carbocycles. The molecule has 0 spiro atoms. The number of carbonyl (C=O) groups is 2. The van der Waals surface area contributed by atoms with Crippen LogP contribution in [0.25, 0.3) is 0 Å². The molecule has 0 saturated carbocycles. The van der Waals surface area contributed by atoms with Crippen LogP contribution in [0.5, 0.6) is 11.5 Å². The minimum atomic E-state index is -3.80. The Morgan fingerprint density at radius 2 is 1.54 bits per heavy atom. The topological polar surface area (TPSA) is 105 Å². The molecule has 9 nitrogen and oxygen atoms in total. The molecular formula is C27H39N3O6S. The van der Waals surface area contributed by atoms with Crippen LogP contribution in [-0.4, -0.2) is 63.7 Å². The Bertz CT molecular complexity index is 1120. The lowest BCUT2D eigenvalue weighted by molar-refractivity contribution is -0.140. The zero-order valence-corrected chi connectivity index (χ0v) is 23.4. The molecule has 1 N–H and O–H groups in total. The Hall–Kier alpha value is -3.27. The molecule has 0 aromatic heterocycles. The largest absolute Gasteiger partial charge is 0.497 e. The van der Waals surface area contributed by atoms with Crippen molar-refractivity contribution in [3.63, 3.8) is 0 Å². The van der Waals surface area contributed by atoms with Gasteiger partial charge in [-0.1, -0.05) is 26.0 Å². The molecule has 2 atom stereocenters. The summed E-state index contributed by atoms with van der Waals surface area (Å²) in [6.45, 7) is 7.71. The second-order valence-corrected chi connectivity index (χ2v) is 10.7. The number of benzene rings is 2. The van der Waals surface area contributed by atoms with Gasteiger partial charge in [-0.3, -0.25) is 13.9 Å². The number of hydrogen-bond acceptors (Lipinski definition) is 6. The predicted octanol–water partition coefficient (Wildman–Crippen LogP) is 3.58. The van der Waals surface area contributed by atoms with Gasteiger partial charge in [0, 0.05) is 12.6 Å². The van der Waals surface area contributed by atoms with Crippen molar-refractivity contribution in [1.29, 1.82) is 0 Å². The maximum atomic E-state index is 13.7. The summed E-state index contributed by atoms with van der Waals surface area (Å²) < 4.78 is 37.1. The van der Waals surface area contributed by atoms with Gasteiger partial charge in [0.25, 0.3) is 0 Å². The van der Waals surface area contributed by atoms with Crippen molar-refractivity contribution < 1.29 is 27.5 Å². The van der Waals surface area contributed by atoms with Gasteiger partial charge in [-0.2, -0.15) is 0 Å². The summed E-state index contributed by atoms with van der Waals surface area (Å²) in [4.78, 5) is 28.3. The monoisotopic (exact) mass is 533 g/mol. The van der Waals surface area contributed by atoms with Crippen molar-refractivity contribution in [3.05, 3.63) is 54.1 Å². The van der Waals surface area contributed by atoms with Gasteiger partial charge < -0.3 is 19.7 Å². The van der Waals surface area contributed by atoms with E-state index in [4.69, 9.17) is 9.47 Å². The van der Waals surface area contributed by atoms with E-state index >= 15 is 0 Å². The van der Waals surface area contributed by atoms with Gasteiger partial charge in [-0.25, -0.2) is 8.42 Å². The number of methoxy groups -OCH3 is 1. The molecule has 37 heavy (non-hydrogen) atoms. The highest BCUT2D eigenvalue weighted by Gasteiger charge is 2.32. The summed E-state index contributed by atoms with van der Waals surface area (Å²) in [6.07, 6.45) is 2.16. The van der Waals surface area contributed by atoms with Crippen molar-refractivity contribution >= 4 is 27.5 Å². The lowest BCUT2D eigenvalue weighted by Gasteiger charge is -2.33. The fourth-order valence-electron chi connectivity index (χ4n) is 3.78. The molecule has 0 fully saturated rings. The lowest BCUT2D eigenvalue weighted by atomic mass is 10.1. The van der Waals surface area contributed by atoms with Crippen LogP contribution < -0.4 is 19.1 Å². The molecule has 0 radical (unpaired) electrons. The molecule has 2 aromatic rings. The van der Waals surface area contributed by atoms with Crippen molar-refractivity contribution in [2.75, 3.05) is 30.8 Å². The van der Waals surface area contributed by atoms with E-state index in [-0.39, 0.29) is 18.5 Å². The molecule has 0 aliphatic heterocycles. The fraction of sp³-hybridized carbons (Fsp3) is 0.481. The van der Waals surface area contributed by atoms with Crippen LogP contribution >= 0.6 is 0 Å². The van der Waals surface area contributed by atoms with Crippen molar-refractivity contribution in [1.82, 2.24) is 10.2 Å². The number of rotatable bonds is 14. The first kappa shape index (κ1) is 30.0. The molecule has 0 saturated heterocycles. The maximum absolute atomic E-state index is 13.7. The highest BCUT2D eigenvalue weighted by molar-refractivity contribution is 7.92. The highest BCUT2D eigenvalue weighted by Crippen LogP contribution is 2.23. The van der Waals surface area contributed by atoms with Gasteiger partial charge in [-0.05, 0) is 68.7 Å². The van der Waals surface area contributed by atoms with Gasteiger partial charge in [0.2, 0.25) is 21.8 Å². The summed E-state index contributed by atoms with van der Waals surface area (Å²) in [5.74, 6) is 0.508. The number of ether oxygens (including phenoxy) is 2. The third kappa shape index (κ3) is 8.66. The molecule has 2 rings (SSSR count). The van der Waals surface area contributed by atoms with Crippen molar-refractivity contribution in [3.8, 4) is 11.5 Å². The SMILES string of the molecule is CCOc1ccc(N(CC(=O)N(Cc2ccc(OC)cc2)[C@H](CC)C(=O)N[C@@H](C)CC)S(C)(=O)=O)cc1. The number of nitrogens with zero attached hydrogens (tertiary/aromatic N) is 2. The quantitative estimate of drug-likeness (QED) is 0.398. The third-order valence-electron chi connectivity index (χ3n) is 6.01. The molecule has 0 aliphatic rings. The minimum Gasteiger partial charge on any atom is -0.497 e. The zero-order chi connectivity index (χ0) is 27.6. The van der Waals surface area contributed by atoms with Crippen LogP contribution in [0.2, 0.25) is 0 Å². The van der Waals surface area contributed by atoms with E-state index in [2.05, 4.69) is 5.32 Å². The van der Waals surface area contributed by atoms with Crippen LogP contribution in [0.4, 0.5) is 5.69 Å². The Morgan fingerprint density at radius 1 is 0.946 bits per heavy atom. The summed E-state index contributed by atoms with van der Waals surface area (Å²) in [5.41, 5.74) is 1.12. The standard InChI is InChI=1S/C27H39N3O6S/c1-7-20(4)28-27(32)25(8-2)29(18-21-10-14-23(35-5)15-11-21)26(31)19-30(37(6,33)34)22-12-16-24(17-13-22)36-9-3/h10-17,20,25H,7-9,18-19H2,1-6H3,(H,28,32)/t20-,25+/m0/s1. The van der Waals surface area contributed by atoms with Gasteiger partial charge in [0.15, 0.2) is 0 Å². The first-order valence-corrected chi connectivity index (χ1v) is 14.3. The normalized spacial score (nSPS) is 12.8. The van der Waals surface area contributed by atoms with Gasteiger partial charge in [0.05, 0.1) is 25.7 Å². The van der Waals surface area contributed by atoms with Crippen LogP contribution in [0.1, 0.15) is 46.1 Å². The van der Waals surface area contributed by atoms with E-state index in [1.165, 1.54) is 4.90 Å². The lowest BCUT2D eigenvalue weighted by Crippen LogP contribution is -2.53. The van der Waals surface area contributed by atoms with Crippen LogP contribution in [-0.2, 0) is 26.2 Å². The molecule has 10 heteroatoms. The van der Waals surface area contributed by atoms with Crippen LogP contribution in [0.3, 0.4) is 0 Å². The highest BCUT2D eigenvalue weighted by atomic mass is 32.2. The minimum absolute atomic E-state index is 0.0594. The number of nitrogens with one attached hydrogen (secondary N) is 1. The summed E-state index contributed by atoms with van der Waals surface area (Å²) in [6, 6.07) is 12.9. The summed E-state index contributed by atoms with van der Waals surface area (Å²) in [5, 5.41) is 2.95. The Kier molecular flexibility index (Phi) is 11.2. The average molecular weight is 534 g/mol. The van der Waals surface area contributed by atoms with E-state index in [0.717, 1.165) is 22.5 Å². The molecule has 0 heterocycles. The second-order valence-electron chi connectivity index (χ2n) is 8.81. The number of anilines is 1. The summed E-state index contributed by atoms with van der Waals surface area (Å²) in [7, 11) is -2.23. The van der Waals surface area contributed by atoms with Crippen molar-refractivity contribution in [2.45, 2.75) is 59.2 Å². The molecule has 2 aromatic carbocycles. The van der Waals surface area contributed by atoms with Crippen LogP contribution in [0, 0.1) is 0 Å². The predicted molar refractivity (Wildman–Crippen MR) is 145 cm³/mol. The Labute approximate surface area is 220 Å². The smallest absolute Gasteiger partial charge is 0.244 e. The zero-order valence-electron chi connectivity index (χ0n) is 22.6. The van der Waals surface area contributed by atoms with E-state index in [1.807, 2.05) is 39.8 Å². The number of amides is 2.